The summed E-state index contributed by atoms with van der Waals surface area (Å²) < 4.78 is 1.96. The predicted octanol–water partition coefficient (Wildman–Crippen LogP) is 2.58. The van der Waals surface area contributed by atoms with E-state index < -0.39 is 0 Å². The molecule has 0 aliphatic rings. The number of nitrogens with zero attached hydrogens (tertiary/aromatic N) is 2. The van der Waals surface area contributed by atoms with Gasteiger partial charge in [0, 0.05) is 23.3 Å². The van der Waals surface area contributed by atoms with Gasteiger partial charge in [-0.15, -0.1) is 11.3 Å². The molecule has 0 atom stereocenters. The van der Waals surface area contributed by atoms with E-state index in [4.69, 9.17) is 0 Å². The molecule has 5 heteroatoms. The first-order valence-corrected chi connectivity index (χ1v) is 7.82. The van der Waals surface area contributed by atoms with Gasteiger partial charge in [0.25, 0.3) is 0 Å². The number of carbonyl (C=O) groups excluding carboxylic acids is 1. The number of carbonyl (C=O) groups is 1. The lowest BCUT2D eigenvalue weighted by atomic mass is 9.98. The molecule has 0 aliphatic carbocycles. The van der Waals surface area contributed by atoms with Crippen LogP contribution in [0.3, 0.4) is 0 Å². The Hall–Kier alpha value is -1.98. The van der Waals surface area contributed by atoms with E-state index in [1.165, 1.54) is 0 Å². The molecule has 1 N–H and O–H groups in total. The number of thiazole rings is 1. The van der Waals surface area contributed by atoms with Crippen molar-refractivity contribution in [2.75, 3.05) is 13.6 Å². The third-order valence-electron chi connectivity index (χ3n) is 3.45. The molecule has 0 spiro atoms. The molecule has 0 fully saturated rings. The number of imidazole rings is 1. The minimum Gasteiger partial charge on any atom is -0.319 e. The standard InChI is InChI=1S/C16H17N3OS/c1-17-7-6-12-4-2-3-5-14(12)15(20)10-13-11-19-8-9-21-16(19)18-13/h2-5,8-9,11,17H,6-7,10H2,1H3. The van der Waals surface area contributed by atoms with Crippen molar-refractivity contribution >= 4 is 22.1 Å². The summed E-state index contributed by atoms with van der Waals surface area (Å²) in [5.74, 6) is 0.132. The highest BCUT2D eigenvalue weighted by Gasteiger charge is 2.13. The summed E-state index contributed by atoms with van der Waals surface area (Å²) in [5.41, 5.74) is 2.73. The largest absolute Gasteiger partial charge is 0.319 e. The van der Waals surface area contributed by atoms with Crippen LogP contribution in [0, 0.1) is 0 Å². The van der Waals surface area contributed by atoms with Crippen molar-refractivity contribution in [3.05, 3.63) is 58.9 Å². The maximum atomic E-state index is 12.5. The molecule has 0 saturated heterocycles. The summed E-state index contributed by atoms with van der Waals surface area (Å²) in [6, 6.07) is 7.83. The van der Waals surface area contributed by atoms with Crippen molar-refractivity contribution in [2.24, 2.45) is 0 Å². The molecule has 1 aromatic carbocycles. The van der Waals surface area contributed by atoms with E-state index in [0.29, 0.717) is 6.42 Å². The molecule has 0 amide bonds. The average Bonchev–Trinajstić information content (AvgIpc) is 3.06. The summed E-state index contributed by atoms with van der Waals surface area (Å²) in [6.07, 6.45) is 5.10. The number of fused-ring (bicyclic) bond motifs is 1. The second kappa shape index (κ2) is 6.20. The number of ketones is 1. The van der Waals surface area contributed by atoms with Crippen molar-refractivity contribution in [3.8, 4) is 0 Å². The molecule has 3 aromatic rings. The quantitative estimate of drug-likeness (QED) is 0.712. The van der Waals surface area contributed by atoms with Gasteiger partial charge in [0.05, 0.1) is 12.1 Å². The minimum absolute atomic E-state index is 0.132. The third kappa shape index (κ3) is 3.04. The molecule has 108 valence electrons. The van der Waals surface area contributed by atoms with Gasteiger partial charge in [0.1, 0.15) is 0 Å². The Balaban J connectivity index is 1.80. The summed E-state index contributed by atoms with van der Waals surface area (Å²) in [4.78, 5) is 17.9. The van der Waals surface area contributed by atoms with Gasteiger partial charge in [-0.2, -0.15) is 0 Å². The van der Waals surface area contributed by atoms with Crippen LogP contribution in [0.2, 0.25) is 0 Å². The maximum Gasteiger partial charge on any atom is 0.193 e. The van der Waals surface area contributed by atoms with Gasteiger partial charge in [-0.25, -0.2) is 4.98 Å². The maximum absolute atomic E-state index is 12.5. The second-order valence-electron chi connectivity index (χ2n) is 4.94. The molecular formula is C16H17N3OS. The highest BCUT2D eigenvalue weighted by Crippen LogP contribution is 2.15. The molecule has 4 nitrogen and oxygen atoms in total. The van der Waals surface area contributed by atoms with E-state index in [2.05, 4.69) is 10.3 Å². The second-order valence-corrected chi connectivity index (χ2v) is 5.81. The number of hydrogen-bond donors (Lipinski definition) is 1. The number of rotatable bonds is 6. The minimum atomic E-state index is 0.132. The Labute approximate surface area is 127 Å². The van der Waals surface area contributed by atoms with E-state index in [1.54, 1.807) is 11.3 Å². The van der Waals surface area contributed by atoms with Crippen LogP contribution in [0.25, 0.3) is 4.96 Å². The molecule has 2 heterocycles. The van der Waals surface area contributed by atoms with Gasteiger partial charge in [-0.1, -0.05) is 24.3 Å². The molecule has 0 bridgehead atoms. The van der Waals surface area contributed by atoms with E-state index in [0.717, 1.165) is 34.7 Å². The van der Waals surface area contributed by atoms with Gasteiger partial charge >= 0.3 is 0 Å². The lowest BCUT2D eigenvalue weighted by Gasteiger charge is -2.07. The van der Waals surface area contributed by atoms with Crippen LogP contribution in [0.4, 0.5) is 0 Å². The molecule has 0 saturated carbocycles. The lowest BCUT2D eigenvalue weighted by molar-refractivity contribution is 0.0991. The summed E-state index contributed by atoms with van der Waals surface area (Å²) >= 11 is 1.58. The van der Waals surface area contributed by atoms with Crippen LogP contribution >= 0.6 is 11.3 Å². The Kier molecular flexibility index (Phi) is 4.13. The number of nitrogens with one attached hydrogen (secondary N) is 1. The molecule has 0 unspecified atom stereocenters. The zero-order chi connectivity index (χ0) is 14.7. The van der Waals surface area contributed by atoms with Crippen molar-refractivity contribution in [1.82, 2.24) is 14.7 Å². The fourth-order valence-corrected chi connectivity index (χ4v) is 3.11. The number of aromatic nitrogens is 2. The first-order chi connectivity index (χ1) is 10.3. The van der Waals surface area contributed by atoms with Gasteiger partial charge < -0.3 is 5.32 Å². The normalized spacial score (nSPS) is 11.1. The van der Waals surface area contributed by atoms with Crippen molar-refractivity contribution in [1.29, 1.82) is 0 Å². The average molecular weight is 299 g/mol. The molecule has 3 rings (SSSR count). The Bertz CT molecular complexity index is 731. The predicted molar refractivity (Wildman–Crippen MR) is 85.2 cm³/mol. The van der Waals surface area contributed by atoms with E-state index in [1.807, 2.05) is 53.5 Å². The number of benzene rings is 1. The number of likely N-dealkylation sites (N-methyl/N-ethyl adjacent to an activating group) is 1. The first-order valence-electron chi connectivity index (χ1n) is 6.94. The summed E-state index contributed by atoms with van der Waals surface area (Å²) in [5, 5.41) is 5.11. The SMILES string of the molecule is CNCCc1ccccc1C(=O)Cc1cn2ccsc2n1. The fraction of sp³-hybridized carbons (Fsp3) is 0.250. The van der Waals surface area contributed by atoms with Crippen LogP contribution in [-0.4, -0.2) is 28.8 Å². The van der Waals surface area contributed by atoms with Gasteiger partial charge in [-0.3, -0.25) is 9.20 Å². The van der Waals surface area contributed by atoms with Crippen LogP contribution in [0.15, 0.2) is 42.0 Å². The van der Waals surface area contributed by atoms with Crippen molar-refractivity contribution in [3.63, 3.8) is 0 Å². The molecule has 0 aliphatic heterocycles. The van der Waals surface area contributed by atoms with Crippen LogP contribution in [-0.2, 0) is 12.8 Å². The highest BCUT2D eigenvalue weighted by atomic mass is 32.1. The zero-order valence-corrected chi connectivity index (χ0v) is 12.7. The zero-order valence-electron chi connectivity index (χ0n) is 11.9. The van der Waals surface area contributed by atoms with Crippen molar-refractivity contribution < 1.29 is 4.79 Å². The molecule has 2 aromatic heterocycles. The van der Waals surface area contributed by atoms with Gasteiger partial charge in [-0.05, 0) is 25.6 Å². The smallest absolute Gasteiger partial charge is 0.193 e. The number of hydrogen-bond acceptors (Lipinski definition) is 4. The highest BCUT2D eigenvalue weighted by molar-refractivity contribution is 7.15. The monoisotopic (exact) mass is 299 g/mol. The van der Waals surface area contributed by atoms with E-state index in [-0.39, 0.29) is 5.78 Å². The van der Waals surface area contributed by atoms with Crippen molar-refractivity contribution in [2.45, 2.75) is 12.8 Å². The molecule has 0 radical (unpaired) electrons. The van der Waals surface area contributed by atoms with Crippen LogP contribution in [0.5, 0.6) is 0 Å². The van der Waals surface area contributed by atoms with Crippen LogP contribution < -0.4 is 5.32 Å². The molecular weight excluding hydrogens is 282 g/mol. The third-order valence-corrected chi connectivity index (χ3v) is 4.22. The lowest BCUT2D eigenvalue weighted by Crippen LogP contribution is -2.14. The first kappa shape index (κ1) is 14.0. The number of Topliss-reactive ketones (excluding diaryl/α,β-unsaturated/α-hetero) is 1. The topological polar surface area (TPSA) is 46.4 Å². The van der Waals surface area contributed by atoms with Gasteiger partial charge in [0.2, 0.25) is 0 Å². The Morgan fingerprint density at radius 2 is 2.24 bits per heavy atom. The summed E-state index contributed by atoms with van der Waals surface area (Å²) in [7, 11) is 1.92. The molecule has 21 heavy (non-hydrogen) atoms. The summed E-state index contributed by atoms with van der Waals surface area (Å²) in [6.45, 7) is 0.866. The fourth-order valence-electron chi connectivity index (χ4n) is 2.39. The van der Waals surface area contributed by atoms with Crippen LogP contribution in [0.1, 0.15) is 21.6 Å². The Morgan fingerprint density at radius 1 is 1.38 bits per heavy atom. The van der Waals surface area contributed by atoms with E-state index in [9.17, 15) is 4.79 Å². The Morgan fingerprint density at radius 3 is 3.05 bits per heavy atom. The van der Waals surface area contributed by atoms with E-state index >= 15 is 0 Å². The van der Waals surface area contributed by atoms with Gasteiger partial charge in [0.15, 0.2) is 10.7 Å².